The molecule has 3 aliphatic rings. The topological polar surface area (TPSA) is 72.9 Å². The number of esters is 1. The van der Waals surface area contributed by atoms with E-state index in [2.05, 4.69) is 54.4 Å². The number of para-hydroxylation sites is 1. The van der Waals surface area contributed by atoms with Crippen LogP contribution in [-0.4, -0.2) is 50.4 Å². The van der Waals surface area contributed by atoms with E-state index in [0.717, 1.165) is 60.9 Å². The van der Waals surface area contributed by atoms with Gasteiger partial charge >= 0.3 is 5.97 Å². The van der Waals surface area contributed by atoms with Crippen LogP contribution < -0.4 is 15.0 Å². The van der Waals surface area contributed by atoms with E-state index < -0.39 is 5.41 Å². The molecule has 210 valence electrons. The van der Waals surface area contributed by atoms with Crippen LogP contribution in [0.3, 0.4) is 0 Å². The first kappa shape index (κ1) is 26.8. The Morgan fingerprint density at radius 2 is 2.00 bits per heavy atom. The molecule has 0 bridgehead atoms. The van der Waals surface area contributed by atoms with Crippen LogP contribution in [0, 0.1) is 25.2 Å². The molecule has 7 nitrogen and oxygen atoms in total. The van der Waals surface area contributed by atoms with E-state index in [-0.39, 0.29) is 17.9 Å². The van der Waals surface area contributed by atoms with Gasteiger partial charge < -0.3 is 24.4 Å². The van der Waals surface area contributed by atoms with E-state index in [4.69, 9.17) is 19.2 Å². The molecule has 2 fully saturated rings. The maximum absolute atomic E-state index is 12.8. The van der Waals surface area contributed by atoms with E-state index in [1.165, 1.54) is 29.4 Å². The Morgan fingerprint density at radius 3 is 2.83 bits per heavy atom. The fourth-order valence-corrected chi connectivity index (χ4v) is 6.83. The fourth-order valence-electron chi connectivity index (χ4n) is 6.83. The summed E-state index contributed by atoms with van der Waals surface area (Å²) in [5.41, 5.74) is 7.75. The van der Waals surface area contributed by atoms with E-state index in [9.17, 15) is 4.79 Å². The van der Waals surface area contributed by atoms with Crippen molar-refractivity contribution in [1.29, 1.82) is 0 Å². The summed E-state index contributed by atoms with van der Waals surface area (Å²) in [6.07, 6.45) is 1.90. The van der Waals surface area contributed by atoms with Crippen molar-refractivity contribution >= 4 is 11.8 Å². The van der Waals surface area contributed by atoms with Gasteiger partial charge in [-0.25, -0.2) is 4.98 Å². The number of aryl methyl sites for hydroxylation is 2. The van der Waals surface area contributed by atoms with Crippen molar-refractivity contribution in [3.05, 3.63) is 76.3 Å². The van der Waals surface area contributed by atoms with Crippen LogP contribution in [0.2, 0.25) is 0 Å². The van der Waals surface area contributed by atoms with E-state index in [1.807, 2.05) is 25.1 Å². The zero-order chi connectivity index (χ0) is 27.9. The standard InChI is InChI=1S/C33H39N3O4/c1-5-39-20-29-33(32(37)38-4)16-25(33)18-36(29)30-11-7-10-28(35-30)26-9-6-8-21(2)31(26)40-19-23-14-22(3)27-17-34-13-12-24(27)15-23/h6-11,14-15,25,29,34H,5,12-13,16-20H2,1-4H3/t25-,29+,33+/m0/s1. The molecule has 0 amide bonds. The van der Waals surface area contributed by atoms with Crippen LogP contribution in [-0.2, 0) is 33.8 Å². The largest absolute Gasteiger partial charge is 0.488 e. The highest BCUT2D eigenvalue weighted by Crippen LogP contribution is 2.62. The highest BCUT2D eigenvalue weighted by atomic mass is 16.5. The molecule has 2 aromatic carbocycles. The van der Waals surface area contributed by atoms with Crippen LogP contribution >= 0.6 is 0 Å². The van der Waals surface area contributed by atoms with Crippen molar-refractivity contribution in [1.82, 2.24) is 10.3 Å². The first-order chi connectivity index (χ1) is 19.5. The van der Waals surface area contributed by atoms with Crippen molar-refractivity contribution < 1.29 is 19.0 Å². The predicted octanol–water partition coefficient (Wildman–Crippen LogP) is 4.99. The Balaban J connectivity index is 1.28. The highest BCUT2D eigenvalue weighted by Gasteiger charge is 2.71. The lowest BCUT2D eigenvalue weighted by atomic mass is 9.94. The summed E-state index contributed by atoms with van der Waals surface area (Å²) >= 11 is 0. The number of rotatable bonds is 9. The van der Waals surface area contributed by atoms with E-state index >= 15 is 0 Å². The molecule has 1 aromatic heterocycles. The second-order valence-electron chi connectivity index (χ2n) is 11.4. The number of nitrogens with one attached hydrogen (secondary N) is 1. The molecule has 1 saturated carbocycles. The molecule has 7 heteroatoms. The minimum Gasteiger partial charge on any atom is -0.488 e. The normalized spacial score (nSPS) is 22.9. The summed E-state index contributed by atoms with van der Waals surface area (Å²) in [5, 5.41) is 3.47. The Labute approximate surface area is 236 Å². The van der Waals surface area contributed by atoms with E-state index in [0.29, 0.717) is 19.8 Å². The number of carbonyl (C=O) groups is 1. The number of carbonyl (C=O) groups excluding carboxylic acids is 1. The van der Waals surface area contributed by atoms with Crippen LogP contribution in [0.1, 0.15) is 41.2 Å². The zero-order valence-electron chi connectivity index (χ0n) is 24.0. The maximum atomic E-state index is 12.8. The quantitative estimate of drug-likeness (QED) is 0.383. The minimum atomic E-state index is -0.498. The lowest BCUT2D eigenvalue weighted by Gasteiger charge is -2.32. The lowest BCUT2D eigenvalue weighted by molar-refractivity contribution is -0.148. The third-order valence-electron chi connectivity index (χ3n) is 8.98. The molecule has 40 heavy (non-hydrogen) atoms. The highest BCUT2D eigenvalue weighted by molar-refractivity contribution is 5.84. The van der Waals surface area contributed by atoms with Gasteiger partial charge in [-0.3, -0.25) is 4.79 Å². The number of ether oxygens (including phenoxy) is 3. The molecule has 1 aliphatic carbocycles. The first-order valence-electron chi connectivity index (χ1n) is 14.4. The zero-order valence-corrected chi connectivity index (χ0v) is 24.0. The van der Waals surface area contributed by atoms with Crippen LogP contribution in [0.15, 0.2) is 48.5 Å². The van der Waals surface area contributed by atoms with Gasteiger partial charge in [0.25, 0.3) is 0 Å². The van der Waals surface area contributed by atoms with Gasteiger partial charge in [0, 0.05) is 25.3 Å². The molecular weight excluding hydrogens is 502 g/mol. The Bertz CT molecular complexity index is 1420. The number of fused-ring (bicyclic) bond motifs is 2. The number of methoxy groups -OCH3 is 1. The van der Waals surface area contributed by atoms with Crippen molar-refractivity contribution in [3.8, 4) is 17.0 Å². The molecule has 0 spiro atoms. The van der Waals surface area contributed by atoms with Gasteiger partial charge in [0.2, 0.25) is 0 Å². The number of nitrogens with zero attached hydrogens (tertiary/aromatic N) is 2. The number of anilines is 1. The number of hydrogen-bond acceptors (Lipinski definition) is 7. The van der Waals surface area contributed by atoms with Crippen molar-refractivity contribution in [2.24, 2.45) is 11.3 Å². The number of piperidine rings is 1. The van der Waals surface area contributed by atoms with Gasteiger partial charge in [-0.1, -0.05) is 30.3 Å². The Morgan fingerprint density at radius 1 is 1.15 bits per heavy atom. The second kappa shape index (κ2) is 10.9. The maximum Gasteiger partial charge on any atom is 0.314 e. The third kappa shape index (κ3) is 4.65. The smallest absolute Gasteiger partial charge is 0.314 e. The molecule has 1 N–H and O–H groups in total. The summed E-state index contributed by atoms with van der Waals surface area (Å²) in [7, 11) is 1.48. The average Bonchev–Trinajstić information content (AvgIpc) is 3.61. The van der Waals surface area contributed by atoms with Gasteiger partial charge in [0.1, 0.15) is 18.2 Å². The molecular formula is C33H39N3O4. The van der Waals surface area contributed by atoms with Crippen molar-refractivity contribution in [2.45, 2.75) is 52.8 Å². The van der Waals surface area contributed by atoms with Crippen molar-refractivity contribution in [2.75, 3.05) is 38.3 Å². The molecule has 6 rings (SSSR count). The Kier molecular flexibility index (Phi) is 7.27. The average molecular weight is 542 g/mol. The van der Waals surface area contributed by atoms with Crippen LogP contribution in [0.25, 0.3) is 11.3 Å². The molecule has 0 radical (unpaired) electrons. The molecule has 3 aromatic rings. The lowest BCUT2D eigenvalue weighted by Crippen LogP contribution is -2.44. The summed E-state index contributed by atoms with van der Waals surface area (Å²) in [6, 6.07) is 16.8. The molecule has 3 atom stereocenters. The van der Waals surface area contributed by atoms with Gasteiger partial charge in [-0.05, 0) is 92.1 Å². The fraction of sp³-hybridized carbons (Fsp3) is 0.455. The van der Waals surface area contributed by atoms with Crippen LogP contribution in [0.4, 0.5) is 5.82 Å². The van der Waals surface area contributed by atoms with Gasteiger partial charge in [0.05, 0.1) is 30.9 Å². The number of hydrogen-bond donors (Lipinski definition) is 1. The van der Waals surface area contributed by atoms with Gasteiger partial charge in [-0.15, -0.1) is 0 Å². The first-order valence-corrected chi connectivity index (χ1v) is 14.4. The molecule has 0 unspecified atom stereocenters. The number of benzene rings is 2. The summed E-state index contributed by atoms with van der Waals surface area (Å²) < 4.78 is 17.6. The predicted molar refractivity (Wildman–Crippen MR) is 156 cm³/mol. The van der Waals surface area contributed by atoms with Crippen LogP contribution in [0.5, 0.6) is 5.75 Å². The SMILES string of the molecule is CCOC[C@H]1N(c2cccc(-c3cccc(C)c3OCc3cc(C)c4c(c3)CCNC4)n2)C[C@@H]2C[C@@]21C(=O)OC. The molecule has 2 aliphatic heterocycles. The third-order valence-corrected chi connectivity index (χ3v) is 8.98. The number of pyridine rings is 1. The summed E-state index contributed by atoms with van der Waals surface area (Å²) in [4.78, 5) is 20.2. The second-order valence-corrected chi connectivity index (χ2v) is 11.4. The Hall–Kier alpha value is -3.42. The summed E-state index contributed by atoms with van der Waals surface area (Å²) in [6.45, 7) is 10.6. The minimum absolute atomic E-state index is 0.0941. The molecule has 3 heterocycles. The monoisotopic (exact) mass is 541 g/mol. The van der Waals surface area contributed by atoms with Gasteiger partial charge in [-0.2, -0.15) is 0 Å². The van der Waals surface area contributed by atoms with E-state index in [1.54, 1.807) is 0 Å². The summed E-state index contributed by atoms with van der Waals surface area (Å²) in [5.74, 6) is 1.84. The number of aromatic nitrogens is 1. The molecule has 1 saturated heterocycles. The van der Waals surface area contributed by atoms with Gasteiger partial charge in [0.15, 0.2) is 0 Å². The van der Waals surface area contributed by atoms with Crippen molar-refractivity contribution in [3.63, 3.8) is 0 Å².